The maximum atomic E-state index is 12.7. The predicted molar refractivity (Wildman–Crippen MR) is 93.0 cm³/mol. The van der Waals surface area contributed by atoms with Crippen LogP contribution in [0.1, 0.15) is 22.8 Å². The number of hydrogen-bond acceptors (Lipinski definition) is 4. The van der Waals surface area contributed by atoms with Crippen LogP contribution in [0.25, 0.3) is 0 Å². The number of rotatable bonds is 6. The molecule has 0 fully saturated rings. The van der Waals surface area contributed by atoms with Gasteiger partial charge in [0, 0.05) is 18.3 Å². The first-order valence-corrected chi connectivity index (χ1v) is 8.91. The van der Waals surface area contributed by atoms with E-state index in [0.29, 0.717) is 5.69 Å². The maximum Gasteiger partial charge on any atom is 0.265 e. The first kappa shape index (κ1) is 17.8. The molecule has 2 rings (SSSR count). The summed E-state index contributed by atoms with van der Waals surface area (Å²) in [5, 5.41) is 2.46. The van der Waals surface area contributed by atoms with Gasteiger partial charge in [-0.15, -0.1) is 0 Å². The van der Waals surface area contributed by atoms with Crippen LogP contribution in [0, 0.1) is 0 Å². The fraction of sp³-hybridized carbons (Fsp3) is 0.235. The van der Waals surface area contributed by atoms with Crippen molar-refractivity contribution in [3.05, 3.63) is 53.6 Å². The van der Waals surface area contributed by atoms with Gasteiger partial charge in [0.1, 0.15) is 10.6 Å². The molecule has 0 bridgehead atoms. The van der Waals surface area contributed by atoms with Gasteiger partial charge in [-0.3, -0.25) is 9.52 Å². The summed E-state index contributed by atoms with van der Waals surface area (Å²) in [7, 11) is -1.04. The summed E-state index contributed by atoms with van der Waals surface area (Å²) in [6.07, 6.45) is 0.870. The van der Waals surface area contributed by atoms with Crippen LogP contribution in [0.15, 0.2) is 47.4 Å². The lowest BCUT2D eigenvalue weighted by molar-refractivity contribution is 0.0963. The lowest BCUT2D eigenvalue weighted by atomic mass is 10.2. The zero-order valence-corrected chi connectivity index (χ0v) is 14.6. The van der Waals surface area contributed by atoms with Crippen molar-refractivity contribution in [3.63, 3.8) is 0 Å². The first-order chi connectivity index (χ1) is 11.4. The van der Waals surface area contributed by atoms with E-state index in [1.54, 1.807) is 12.1 Å². The second kappa shape index (κ2) is 7.35. The van der Waals surface area contributed by atoms with Gasteiger partial charge in [0.05, 0.1) is 7.11 Å². The zero-order chi connectivity index (χ0) is 17.7. The summed E-state index contributed by atoms with van der Waals surface area (Å²) >= 11 is 0. The summed E-state index contributed by atoms with van der Waals surface area (Å²) in [5.41, 5.74) is 1.79. The SMILES string of the molecule is CCc1ccc(NS(=O)(=O)c2cc(C(=O)NC)ccc2OC)cc1. The summed E-state index contributed by atoms with van der Waals surface area (Å²) in [6.45, 7) is 2.02. The van der Waals surface area contributed by atoms with Gasteiger partial charge in [0.15, 0.2) is 0 Å². The molecule has 2 aromatic rings. The van der Waals surface area contributed by atoms with Crippen LogP contribution in [0.3, 0.4) is 0 Å². The maximum absolute atomic E-state index is 12.7. The van der Waals surface area contributed by atoms with E-state index in [-0.39, 0.29) is 22.1 Å². The summed E-state index contributed by atoms with van der Waals surface area (Å²) in [4.78, 5) is 11.7. The minimum atomic E-state index is -3.89. The smallest absolute Gasteiger partial charge is 0.265 e. The molecule has 0 radical (unpaired) electrons. The molecule has 1 amide bonds. The van der Waals surface area contributed by atoms with E-state index in [2.05, 4.69) is 10.0 Å². The average Bonchev–Trinajstić information content (AvgIpc) is 2.60. The molecule has 2 aromatic carbocycles. The molecule has 0 atom stereocenters. The Hall–Kier alpha value is -2.54. The molecule has 24 heavy (non-hydrogen) atoms. The van der Waals surface area contributed by atoms with Crippen molar-refractivity contribution in [3.8, 4) is 5.75 Å². The number of aryl methyl sites for hydroxylation is 1. The van der Waals surface area contributed by atoms with Crippen molar-refractivity contribution in [2.75, 3.05) is 18.9 Å². The van der Waals surface area contributed by atoms with Crippen molar-refractivity contribution >= 4 is 21.6 Å². The van der Waals surface area contributed by atoms with Gasteiger partial charge in [0.2, 0.25) is 0 Å². The molecular formula is C17H20N2O4S. The van der Waals surface area contributed by atoms with Crippen LogP contribution < -0.4 is 14.8 Å². The van der Waals surface area contributed by atoms with Crippen LogP contribution in [0.5, 0.6) is 5.75 Å². The molecule has 0 saturated carbocycles. The van der Waals surface area contributed by atoms with Crippen molar-refractivity contribution in [2.24, 2.45) is 0 Å². The first-order valence-electron chi connectivity index (χ1n) is 7.43. The highest BCUT2D eigenvalue weighted by molar-refractivity contribution is 7.92. The molecule has 0 spiro atoms. The third-order valence-electron chi connectivity index (χ3n) is 3.56. The Balaban J connectivity index is 2.41. The van der Waals surface area contributed by atoms with E-state index in [1.807, 2.05) is 19.1 Å². The lowest BCUT2D eigenvalue weighted by Gasteiger charge is -2.13. The van der Waals surface area contributed by atoms with E-state index in [0.717, 1.165) is 12.0 Å². The van der Waals surface area contributed by atoms with Gasteiger partial charge in [-0.2, -0.15) is 0 Å². The number of carbonyl (C=O) groups is 1. The number of ether oxygens (including phenoxy) is 1. The Morgan fingerprint density at radius 1 is 1.12 bits per heavy atom. The molecule has 0 aliphatic heterocycles. The van der Waals surface area contributed by atoms with Crippen LogP contribution in [0.4, 0.5) is 5.69 Å². The van der Waals surface area contributed by atoms with E-state index < -0.39 is 10.0 Å². The quantitative estimate of drug-likeness (QED) is 0.840. The average molecular weight is 348 g/mol. The van der Waals surface area contributed by atoms with Crippen LogP contribution in [-0.4, -0.2) is 28.5 Å². The van der Waals surface area contributed by atoms with Crippen LogP contribution in [-0.2, 0) is 16.4 Å². The third-order valence-corrected chi connectivity index (χ3v) is 4.96. The standard InChI is InChI=1S/C17H20N2O4S/c1-4-12-5-8-14(9-6-12)19-24(21,22)16-11-13(17(20)18-2)7-10-15(16)23-3/h5-11,19H,4H2,1-3H3,(H,18,20). The third kappa shape index (κ3) is 3.86. The van der Waals surface area contributed by atoms with Crippen molar-refractivity contribution < 1.29 is 17.9 Å². The number of methoxy groups -OCH3 is 1. The summed E-state index contributed by atoms with van der Waals surface area (Å²) in [5.74, 6) is -0.207. The number of carbonyl (C=O) groups excluding carboxylic acids is 1. The molecule has 0 saturated heterocycles. The van der Waals surface area contributed by atoms with Gasteiger partial charge in [-0.05, 0) is 42.3 Å². The normalized spacial score (nSPS) is 11.0. The van der Waals surface area contributed by atoms with Crippen molar-refractivity contribution in [1.29, 1.82) is 0 Å². The fourth-order valence-corrected chi connectivity index (χ4v) is 3.45. The van der Waals surface area contributed by atoms with Crippen LogP contribution >= 0.6 is 0 Å². The molecule has 0 heterocycles. The largest absolute Gasteiger partial charge is 0.495 e. The monoisotopic (exact) mass is 348 g/mol. The lowest BCUT2D eigenvalue weighted by Crippen LogP contribution is -2.19. The van der Waals surface area contributed by atoms with Gasteiger partial charge in [-0.25, -0.2) is 8.42 Å². The molecule has 2 N–H and O–H groups in total. The Bertz CT molecular complexity index is 830. The zero-order valence-electron chi connectivity index (χ0n) is 13.8. The minimum Gasteiger partial charge on any atom is -0.495 e. The molecule has 0 aliphatic carbocycles. The van der Waals surface area contributed by atoms with Crippen LogP contribution in [0.2, 0.25) is 0 Å². The van der Waals surface area contributed by atoms with Gasteiger partial charge < -0.3 is 10.1 Å². The van der Waals surface area contributed by atoms with E-state index in [4.69, 9.17) is 4.74 Å². The topological polar surface area (TPSA) is 84.5 Å². The second-order valence-electron chi connectivity index (χ2n) is 5.10. The molecule has 0 aromatic heterocycles. The molecule has 0 unspecified atom stereocenters. The summed E-state index contributed by atoms with van der Waals surface area (Å²) < 4.78 is 33.0. The molecule has 7 heteroatoms. The molecule has 6 nitrogen and oxygen atoms in total. The summed E-state index contributed by atoms with van der Waals surface area (Å²) in [6, 6.07) is 11.4. The molecule has 128 valence electrons. The predicted octanol–water partition coefficient (Wildman–Crippen LogP) is 2.42. The fourth-order valence-electron chi connectivity index (χ4n) is 2.19. The second-order valence-corrected chi connectivity index (χ2v) is 6.75. The molecular weight excluding hydrogens is 328 g/mol. The Kier molecular flexibility index (Phi) is 5.46. The molecule has 0 aliphatic rings. The van der Waals surface area contributed by atoms with Crippen molar-refractivity contribution in [1.82, 2.24) is 5.32 Å². The van der Waals surface area contributed by atoms with Crippen molar-refractivity contribution in [2.45, 2.75) is 18.2 Å². The number of benzene rings is 2. The van der Waals surface area contributed by atoms with Gasteiger partial charge in [0.25, 0.3) is 15.9 Å². The highest BCUT2D eigenvalue weighted by Gasteiger charge is 2.21. The Morgan fingerprint density at radius 3 is 2.33 bits per heavy atom. The number of nitrogens with one attached hydrogen (secondary N) is 2. The van der Waals surface area contributed by atoms with E-state index >= 15 is 0 Å². The Labute approximate surface area is 141 Å². The van der Waals surface area contributed by atoms with E-state index in [1.165, 1.54) is 32.4 Å². The number of hydrogen-bond donors (Lipinski definition) is 2. The Morgan fingerprint density at radius 2 is 1.79 bits per heavy atom. The number of sulfonamides is 1. The minimum absolute atomic E-state index is 0.0920. The highest BCUT2D eigenvalue weighted by Crippen LogP contribution is 2.27. The van der Waals surface area contributed by atoms with Gasteiger partial charge >= 0.3 is 0 Å². The highest BCUT2D eigenvalue weighted by atomic mass is 32.2. The van der Waals surface area contributed by atoms with E-state index in [9.17, 15) is 13.2 Å². The number of amides is 1. The van der Waals surface area contributed by atoms with Gasteiger partial charge in [-0.1, -0.05) is 19.1 Å². The number of anilines is 1.